The quantitative estimate of drug-likeness (QED) is 0.887. The Morgan fingerprint density at radius 2 is 1.57 bits per heavy atom. The van der Waals surface area contributed by atoms with Crippen LogP contribution in [0.3, 0.4) is 0 Å². The van der Waals surface area contributed by atoms with Crippen molar-refractivity contribution in [1.82, 2.24) is 9.80 Å². The minimum Gasteiger partial charge on any atom is -0.336 e. The van der Waals surface area contributed by atoms with Gasteiger partial charge in [0.25, 0.3) is 5.91 Å². The number of piperazine rings is 1. The first kappa shape index (κ1) is 20.1. The Bertz CT molecular complexity index is 863. The van der Waals surface area contributed by atoms with E-state index < -0.39 is 0 Å². The Hall–Kier alpha value is -2.66. The van der Waals surface area contributed by atoms with Crippen LogP contribution in [0.5, 0.6) is 0 Å². The predicted molar refractivity (Wildman–Crippen MR) is 113 cm³/mol. The zero-order valence-corrected chi connectivity index (χ0v) is 17.2. The lowest BCUT2D eigenvalue weighted by atomic mass is 10.1. The van der Waals surface area contributed by atoms with E-state index in [1.54, 1.807) is 0 Å². The maximum Gasteiger partial charge on any atom is 0.253 e. The summed E-state index contributed by atoms with van der Waals surface area (Å²) in [6.07, 6.45) is 0. The summed E-state index contributed by atoms with van der Waals surface area (Å²) in [5, 5.41) is 3.01. The van der Waals surface area contributed by atoms with Gasteiger partial charge in [-0.1, -0.05) is 29.3 Å². The molecule has 1 fully saturated rings. The summed E-state index contributed by atoms with van der Waals surface area (Å²) in [4.78, 5) is 29.2. The molecule has 0 unspecified atom stereocenters. The SMILES string of the molecule is Cc1cc(C)cc(C(=O)N2CCN(CC(=O)Nc3cccc(C)c3C)CC2)c1. The van der Waals surface area contributed by atoms with Crippen LogP contribution in [0.1, 0.15) is 32.6 Å². The molecule has 148 valence electrons. The van der Waals surface area contributed by atoms with E-state index in [1.165, 1.54) is 0 Å². The number of hydrogen-bond acceptors (Lipinski definition) is 3. The molecule has 1 aliphatic heterocycles. The van der Waals surface area contributed by atoms with Crippen molar-refractivity contribution < 1.29 is 9.59 Å². The third-order valence-electron chi connectivity index (χ3n) is 5.37. The number of nitrogens with one attached hydrogen (secondary N) is 1. The summed E-state index contributed by atoms with van der Waals surface area (Å²) < 4.78 is 0. The maximum atomic E-state index is 12.8. The van der Waals surface area contributed by atoms with E-state index in [9.17, 15) is 9.59 Å². The minimum absolute atomic E-state index is 0.0113. The molecule has 5 nitrogen and oxygen atoms in total. The molecule has 0 bridgehead atoms. The van der Waals surface area contributed by atoms with Crippen LogP contribution in [0, 0.1) is 27.7 Å². The fraction of sp³-hybridized carbons (Fsp3) is 0.391. The van der Waals surface area contributed by atoms with Crippen LogP contribution in [0.15, 0.2) is 36.4 Å². The zero-order valence-electron chi connectivity index (χ0n) is 17.2. The van der Waals surface area contributed by atoms with Gasteiger partial charge in [-0.15, -0.1) is 0 Å². The predicted octanol–water partition coefficient (Wildman–Crippen LogP) is 3.32. The summed E-state index contributed by atoms with van der Waals surface area (Å²) in [6.45, 7) is 11.1. The third kappa shape index (κ3) is 4.78. The van der Waals surface area contributed by atoms with Gasteiger partial charge in [0.15, 0.2) is 0 Å². The van der Waals surface area contributed by atoms with E-state index in [1.807, 2.05) is 62.9 Å². The number of anilines is 1. The molecule has 0 atom stereocenters. The van der Waals surface area contributed by atoms with Crippen molar-refractivity contribution in [3.8, 4) is 0 Å². The molecule has 2 amide bonds. The summed E-state index contributed by atoms with van der Waals surface area (Å²) in [7, 11) is 0. The number of amides is 2. The number of carbonyl (C=O) groups is 2. The smallest absolute Gasteiger partial charge is 0.253 e. The number of benzene rings is 2. The average Bonchev–Trinajstić information content (AvgIpc) is 2.65. The first-order valence-corrected chi connectivity index (χ1v) is 9.79. The van der Waals surface area contributed by atoms with Crippen molar-refractivity contribution in [1.29, 1.82) is 0 Å². The fourth-order valence-electron chi connectivity index (χ4n) is 3.67. The molecular formula is C23H29N3O2. The average molecular weight is 380 g/mol. The molecule has 5 heteroatoms. The van der Waals surface area contributed by atoms with E-state index in [4.69, 9.17) is 0 Å². The van der Waals surface area contributed by atoms with Gasteiger partial charge in [0.05, 0.1) is 6.54 Å². The van der Waals surface area contributed by atoms with Crippen molar-refractivity contribution in [3.63, 3.8) is 0 Å². The number of carbonyl (C=O) groups excluding carboxylic acids is 2. The van der Waals surface area contributed by atoms with Gasteiger partial charge in [0, 0.05) is 37.4 Å². The lowest BCUT2D eigenvalue weighted by Gasteiger charge is -2.34. The van der Waals surface area contributed by atoms with E-state index in [0.717, 1.165) is 33.5 Å². The van der Waals surface area contributed by atoms with Crippen molar-refractivity contribution in [2.45, 2.75) is 27.7 Å². The third-order valence-corrected chi connectivity index (χ3v) is 5.37. The standard InChI is InChI=1S/C23H29N3O2/c1-16-12-17(2)14-20(13-16)23(28)26-10-8-25(9-11-26)15-22(27)24-21-7-5-6-18(3)19(21)4/h5-7,12-14H,8-11,15H2,1-4H3,(H,24,27). The van der Waals surface area contributed by atoms with Crippen LogP contribution in [0.25, 0.3) is 0 Å². The van der Waals surface area contributed by atoms with E-state index >= 15 is 0 Å². The monoisotopic (exact) mass is 379 g/mol. The van der Waals surface area contributed by atoms with Crippen molar-refractivity contribution in [3.05, 3.63) is 64.2 Å². The molecule has 2 aromatic rings. The number of rotatable bonds is 4. The topological polar surface area (TPSA) is 52.7 Å². The maximum absolute atomic E-state index is 12.8. The largest absolute Gasteiger partial charge is 0.336 e. The Labute approximate surface area is 167 Å². The molecule has 2 aromatic carbocycles. The fourth-order valence-corrected chi connectivity index (χ4v) is 3.67. The summed E-state index contributed by atoms with van der Waals surface area (Å²) in [5.41, 5.74) is 6.08. The van der Waals surface area contributed by atoms with Crippen LogP contribution >= 0.6 is 0 Å². The van der Waals surface area contributed by atoms with Gasteiger partial charge in [-0.25, -0.2) is 0 Å². The number of nitrogens with zero attached hydrogens (tertiary/aromatic N) is 2. The minimum atomic E-state index is -0.0113. The Kier molecular flexibility index (Phi) is 6.15. The second-order valence-corrected chi connectivity index (χ2v) is 7.74. The lowest BCUT2D eigenvalue weighted by molar-refractivity contribution is -0.117. The van der Waals surface area contributed by atoms with Gasteiger partial charge in [0.2, 0.25) is 5.91 Å². The van der Waals surface area contributed by atoms with Crippen molar-refractivity contribution >= 4 is 17.5 Å². The van der Waals surface area contributed by atoms with E-state index in [0.29, 0.717) is 32.7 Å². The number of hydrogen-bond donors (Lipinski definition) is 1. The lowest BCUT2D eigenvalue weighted by Crippen LogP contribution is -2.50. The molecule has 0 aliphatic carbocycles. The molecule has 0 radical (unpaired) electrons. The van der Waals surface area contributed by atoms with Gasteiger partial charge in [0.1, 0.15) is 0 Å². The second-order valence-electron chi connectivity index (χ2n) is 7.74. The van der Waals surface area contributed by atoms with Crippen LogP contribution in [0.2, 0.25) is 0 Å². The van der Waals surface area contributed by atoms with Gasteiger partial charge in [-0.05, 0) is 57.0 Å². The Morgan fingerprint density at radius 1 is 0.929 bits per heavy atom. The van der Waals surface area contributed by atoms with Gasteiger partial charge in [-0.2, -0.15) is 0 Å². The zero-order chi connectivity index (χ0) is 20.3. The molecule has 0 saturated carbocycles. The number of aryl methyl sites for hydroxylation is 3. The van der Waals surface area contributed by atoms with Gasteiger partial charge in [-0.3, -0.25) is 14.5 Å². The first-order chi connectivity index (χ1) is 13.3. The summed E-state index contributed by atoms with van der Waals surface area (Å²) >= 11 is 0. The highest BCUT2D eigenvalue weighted by Crippen LogP contribution is 2.18. The molecule has 0 aromatic heterocycles. The van der Waals surface area contributed by atoms with Gasteiger partial charge < -0.3 is 10.2 Å². The highest BCUT2D eigenvalue weighted by Gasteiger charge is 2.23. The molecule has 0 spiro atoms. The van der Waals surface area contributed by atoms with Gasteiger partial charge >= 0.3 is 0 Å². The normalized spacial score (nSPS) is 14.8. The van der Waals surface area contributed by atoms with Crippen molar-refractivity contribution in [2.75, 3.05) is 38.0 Å². The molecular weight excluding hydrogens is 350 g/mol. The van der Waals surface area contributed by atoms with Crippen LogP contribution in [-0.4, -0.2) is 54.3 Å². The van der Waals surface area contributed by atoms with Crippen LogP contribution in [-0.2, 0) is 4.79 Å². The molecule has 1 saturated heterocycles. The van der Waals surface area contributed by atoms with E-state index in [2.05, 4.69) is 16.3 Å². The first-order valence-electron chi connectivity index (χ1n) is 9.79. The Morgan fingerprint density at radius 3 is 2.21 bits per heavy atom. The summed E-state index contributed by atoms with van der Waals surface area (Å²) in [6, 6.07) is 11.9. The molecule has 1 aliphatic rings. The second kappa shape index (κ2) is 8.57. The van der Waals surface area contributed by atoms with E-state index in [-0.39, 0.29) is 11.8 Å². The highest BCUT2D eigenvalue weighted by molar-refractivity contribution is 5.95. The molecule has 28 heavy (non-hydrogen) atoms. The Balaban J connectivity index is 1.53. The summed E-state index contributed by atoms with van der Waals surface area (Å²) in [5.74, 6) is 0.0640. The van der Waals surface area contributed by atoms with Crippen molar-refractivity contribution in [2.24, 2.45) is 0 Å². The molecule has 1 N–H and O–H groups in total. The molecule has 1 heterocycles. The highest BCUT2D eigenvalue weighted by atomic mass is 16.2. The van der Waals surface area contributed by atoms with Crippen LogP contribution < -0.4 is 5.32 Å². The molecule has 3 rings (SSSR count). The van der Waals surface area contributed by atoms with Crippen LogP contribution in [0.4, 0.5) is 5.69 Å².